The highest BCUT2D eigenvalue weighted by Gasteiger charge is 2.43. The second kappa shape index (κ2) is 9.24. The minimum atomic E-state index is -4.16. The van der Waals surface area contributed by atoms with Crippen molar-refractivity contribution in [3.05, 3.63) is 51.6 Å². The van der Waals surface area contributed by atoms with Gasteiger partial charge in [0.2, 0.25) is 10.0 Å². The van der Waals surface area contributed by atoms with E-state index in [2.05, 4.69) is 4.84 Å². The number of thiophene rings is 1. The van der Waals surface area contributed by atoms with Gasteiger partial charge in [0.15, 0.2) is 9.84 Å². The van der Waals surface area contributed by atoms with Gasteiger partial charge in [-0.2, -0.15) is 0 Å². The van der Waals surface area contributed by atoms with Crippen LogP contribution in [-0.2, 0) is 31.3 Å². The number of rotatable bonds is 7. The summed E-state index contributed by atoms with van der Waals surface area (Å²) in [7, 11) is -7.96. The predicted molar refractivity (Wildman–Crippen MR) is 116 cm³/mol. The number of nitrogens with two attached hydrogens (primary N) is 1. The summed E-state index contributed by atoms with van der Waals surface area (Å²) >= 11 is 0.552. The number of benzene rings is 1. The third-order valence-electron chi connectivity index (χ3n) is 5.13. The zero-order valence-electron chi connectivity index (χ0n) is 17.5. The Bertz CT molecular complexity index is 1290. The van der Waals surface area contributed by atoms with Crippen LogP contribution in [0.15, 0.2) is 38.8 Å². The molecule has 0 saturated heterocycles. The van der Waals surface area contributed by atoms with Gasteiger partial charge >= 0.3 is 6.09 Å². The first kappa shape index (κ1) is 24.9. The molecule has 2 atom stereocenters. The van der Waals surface area contributed by atoms with Gasteiger partial charge in [0, 0.05) is 17.7 Å². The Morgan fingerprint density at radius 2 is 2.03 bits per heavy atom. The molecule has 1 aromatic carbocycles. The third kappa shape index (κ3) is 5.10. The van der Waals surface area contributed by atoms with Crippen molar-refractivity contribution < 1.29 is 36.3 Å². The fourth-order valence-corrected chi connectivity index (χ4v) is 7.88. The molecule has 0 aliphatic carbocycles. The fraction of sp³-hybridized carbons (Fsp3) is 0.389. The molecule has 1 aliphatic rings. The lowest BCUT2D eigenvalue weighted by molar-refractivity contribution is -0.763. The van der Waals surface area contributed by atoms with Crippen LogP contribution >= 0.6 is 11.3 Å². The zero-order valence-corrected chi connectivity index (χ0v) is 20.0. The van der Waals surface area contributed by atoms with E-state index in [0.29, 0.717) is 11.3 Å². The number of hydrogen-bond donors (Lipinski definition) is 1. The Morgan fingerprint density at radius 1 is 1.36 bits per heavy atom. The number of amides is 1. The molecule has 12 nitrogen and oxygen atoms in total. The Hall–Kier alpha value is -2.75. The van der Waals surface area contributed by atoms with Gasteiger partial charge in [-0.25, -0.2) is 26.8 Å². The van der Waals surface area contributed by atoms with E-state index in [-0.39, 0.29) is 38.3 Å². The van der Waals surface area contributed by atoms with Crippen LogP contribution in [0.3, 0.4) is 0 Å². The van der Waals surface area contributed by atoms with Crippen molar-refractivity contribution in [2.24, 2.45) is 5.14 Å². The molecule has 2 N–H and O–H groups in total. The number of hydrogen-bond acceptors (Lipinski definition) is 10. The van der Waals surface area contributed by atoms with Gasteiger partial charge in [-0.15, -0.1) is 21.5 Å². The van der Waals surface area contributed by atoms with Crippen LogP contribution in [0.2, 0.25) is 0 Å². The molecule has 180 valence electrons. The molecule has 0 bridgehead atoms. The molecule has 1 unspecified atom stereocenters. The molecule has 1 aliphatic heterocycles. The maximum absolute atomic E-state index is 13.1. The number of carbonyl (C=O) groups excluding carboxylic acids is 1. The topological polar surface area (TPSA) is 176 Å². The lowest BCUT2D eigenvalue weighted by atomic mass is 10.0. The quantitative estimate of drug-likeness (QED) is 0.424. The molecule has 1 amide bonds. The zero-order chi connectivity index (χ0) is 24.6. The molecule has 2 aromatic rings. The highest BCUT2D eigenvalue weighted by molar-refractivity contribution is 7.95. The SMILES string of the molecule is CCN(C(=O)Oc1ccccc1CO[N+](=O)[O-])[C@H]1CC(C)S(=O)(=O)c2sc(S(N)(=O)=O)cc21. The fourth-order valence-electron chi connectivity index (χ4n) is 3.48. The third-order valence-corrected chi connectivity index (χ3v) is 10.4. The Labute approximate surface area is 194 Å². The van der Waals surface area contributed by atoms with E-state index in [0.717, 1.165) is 0 Å². The van der Waals surface area contributed by atoms with E-state index >= 15 is 0 Å². The molecule has 3 rings (SSSR count). The molecule has 33 heavy (non-hydrogen) atoms. The van der Waals surface area contributed by atoms with Gasteiger partial charge in [0.1, 0.15) is 20.8 Å². The molecular formula is C18H21N3O9S3. The highest BCUT2D eigenvalue weighted by Crippen LogP contribution is 2.45. The average molecular weight is 520 g/mol. The van der Waals surface area contributed by atoms with E-state index < -0.39 is 48.9 Å². The number of nitrogens with zero attached hydrogens (tertiary/aromatic N) is 2. The summed E-state index contributed by atoms with van der Waals surface area (Å²) in [5.74, 6) is 0.0371. The van der Waals surface area contributed by atoms with Crippen LogP contribution in [-0.4, -0.2) is 44.7 Å². The van der Waals surface area contributed by atoms with Crippen LogP contribution in [0.25, 0.3) is 0 Å². The van der Waals surface area contributed by atoms with Crippen molar-refractivity contribution in [3.63, 3.8) is 0 Å². The smallest absolute Gasteiger partial charge is 0.410 e. The summed E-state index contributed by atoms with van der Waals surface area (Å²) in [5, 5.41) is 13.8. The van der Waals surface area contributed by atoms with Crippen molar-refractivity contribution in [1.29, 1.82) is 0 Å². The van der Waals surface area contributed by atoms with Crippen molar-refractivity contribution >= 4 is 37.3 Å². The molecule has 15 heteroatoms. The molecule has 0 fully saturated rings. The first-order valence-corrected chi connectivity index (χ1v) is 13.5. The first-order chi connectivity index (χ1) is 15.4. The van der Waals surface area contributed by atoms with Gasteiger partial charge in [-0.1, -0.05) is 18.2 Å². The number of sulfone groups is 1. The summed E-state index contributed by atoms with van der Waals surface area (Å²) in [5.41, 5.74) is 0.414. The summed E-state index contributed by atoms with van der Waals surface area (Å²) in [6.07, 6.45) is -0.817. The molecule has 0 saturated carbocycles. The van der Waals surface area contributed by atoms with Gasteiger partial charge in [-0.3, -0.25) is 0 Å². The summed E-state index contributed by atoms with van der Waals surface area (Å²) < 4.78 is 54.3. The van der Waals surface area contributed by atoms with Crippen LogP contribution in [0.4, 0.5) is 4.79 Å². The molecular weight excluding hydrogens is 498 g/mol. The average Bonchev–Trinajstić information content (AvgIpc) is 3.19. The second-order valence-electron chi connectivity index (χ2n) is 7.22. The van der Waals surface area contributed by atoms with Gasteiger partial charge in [0.05, 0.1) is 11.3 Å². The number of ether oxygens (including phenoxy) is 1. The number of para-hydroxylation sites is 1. The standard InChI is InChI=1S/C18H21N3O9S3/c1-3-20(18(22)30-15-7-5-4-6-12(15)10-29-21(23)24)14-8-11(2)32(25,26)17-13(14)9-16(31-17)33(19,27)28/h4-7,9,11,14H,3,8,10H2,1-2H3,(H2,19,27,28)/t11?,14-/m0/s1. The maximum atomic E-state index is 13.1. The van der Waals surface area contributed by atoms with E-state index in [1.165, 1.54) is 30.0 Å². The summed E-state index contributed by atoms with van der Waals surface area (Å²) in [6.45, 7) is 2.81. The Kier molecular flexibility index (Phi) is 6.97. The Morgan fingerprint density at radius 3 is 2.64 bits per heavy atom. The van der Waals surface area contributed by atoms with Crippen LogP contribution in [0.1, 0.15) is 37.4 Å². The molecule has 0 radical (unpaired) electrons. The van der Waals surface area contributed by atoms with Gasteiger partial charge in [-0.05, 0) is 32.4 Å². The van der Waals surface area contributed by atoms with Crippen LogP contribution in [0.5, 0.6) is 5.75 Å². The maximum Gasteiger partial charge on any atom is 0.415 e. The van der Waals surface area contributed by atoms with E-state index in [1.54, 1.807) is 19.1 Å². The summed E-state index contributed by atoms with van der Waals surface area (Å²) in [4.78, 5) is 29.2. The number of fused-ring (bicyclic) bond motifs is 1. The normalized spacial score (nSPS) is 19.4. The first-order valence-electron chi connectivity index (χ1n) is 9.60. The van der Waals surface area contributed by atoms with Gasteiger partial charge in [0.25, 0.3) is 5.09 Å². The number of primary sulfonamides is 1. The van der Waals surface area contributed by atoms with Crippen LogP contribution < -0.4 is 9.88 Å². The van der Waals surface area contributed by atoms with Crippen LogP contribution in [0, 0.1) is 10.1 Å². The largest absolute Gasteiger partial charge is 0.415 e. The van der Waals surface area contributed by atoms with E-state index in [4.69, 9.17) is 9.88 Å². The van der Waals surface area contributed by atoms with Crippen molar-refractivity contribution in [2.75, 3.05) is 6.54 Å². The number of carbonyl (C=O) groups is 1. The highest BCUT2D eigenvalue weighted by atomic mass is 32.3. The van der Waals surface area contributed by atoms with E-state index in [1.807, 2.05) is 0 Å². The minimum Gasteiger partial charge on any atom is -0.410 e. The monoisotopic (exact) mass is 519 g/mol. The molecule has 0 spiro atoms. The number of sulfonamides is 1. The van der Waals surface area contributed by atoms with Gasteiger partial charge < -0.3 is 14.5 Å². The van der Waals surface area contributed by atoms with Crippen molar-refractivity contribution in [3.8, 4) is 5.75 Å². The van der Waals surface area contributed by atoms with Crippen molar-refractivity contribution in [1.82, 2.24) is 4.90 Å². The predicted octanol–water partition coefficient (Wildman–Crippen LogP) is 2.23. The lowest BCUT2D eigenvalue weighted by Gasteiger charge is -2.35. The molecule has 1 aromatic heterocycles. The Balaban J connectivity index is 1.96. The lowest BCUT2D eigenvalue weighted by Crippen LogP contribution is -2.41. The van der Waals surface area contributed by atoms with E-state index in [9.17, 15) is 31.7 Å². The second-order valence-corrected chi connectivity index (χ2v) is 12.6. The molecule has 2 heterocycles. The van der Waals surface area contributed by atoms with Crippen molar-refractivity contribution in [2.45, 2.75) is 46.6 Å². The summed E-state index contributed by atoms with van der Waals surface area (Å²) in [6, 6.07) is 6.48. The minimum absolute atomic E-state index is 0.0190.